The number of nitrogens with one attached hydrogen (secondary N) is 2. The fraction of sp³-hybridized carbons (Fsp3) is 0.500. The Morgan fingerprint density at radius 3 is 2.53 bits per heavy atom. The van der Waals surface area contributed by atoms with Crippen LogP contribution in [0, 0.1) is 0 Å². The van der Waals surface area contributed by atoms with E-state index in [4.69, 9.17) is 0 Å². The van der Waals surface area contributed by atoms with Crippen LogP contribution in [0.1, 0.15) is 12.5 Å². The lowest BCUT2D eigenvalue weighted by molar-refractivity contribution is 0.526. The van der Waals surface area contributed by atoms with Crippen molar-refractivity contribution in [3.63, 3.8) is 0 Å². The minimum atomic E-state index is 0.533. The average molecular weight is 271 g/mol. The fourth-order valence-electron chi connectivity index (χ4n) is 1.49. The first-order chi connectivity index (χ1) is 7.22. The SMILES string of the molecule is CNCC(C)NCCc1ccc(Br)cc1. The number of benzene rings is 1. The van der Waals surface area contributed by atoms with Gasteiger partial charge in [-0.15, -0.1) is 0 Å². The van der Waals surface area contributed by atoms with Crippen molar-refractivity contribution in [2.75, 3.05) is 20.1 Å². The van der Waals surface area contributed by atoms with Crippen molar-refractivity contribution in [1.82, 2.24) is 10.6 Å². The number of halogens is 1. The van der Waals surface area contributed by atoms with Gasteiger partial charge in [0.1, 0.15) is 0 Å². The highest BCUT2D eigenvalue weighted by Gasteiger charge is 1.98. The lowest BCUT2D eigenvalue weighted by atomic mass is 10.1. The molecular formula is C12H19BrN2. The quantitative estimate of drug-likeness (QED) is 0.828. The molecule has 2 nitrogen and oxygen atoms in total. The van der Waals surface area contributed by atoms with E-state index < -0.39 is 0 Å². The van der Waals surface area contributed by atoms with Crippen LogP contribution in [-0.2, 0) is 6.42 Å². The Hall–Kier alpha value is -0.380. The highest BCUT2D eigenvalue weighted by molar-refractivity contribution is 9.10. The molecule has 15 heavy (non-hydrogen) atoms. The van der Waals surface area contributed by atoms with Crippen molar-refractivity contribution in [2.24, 2.45) is 0 Å². The molecule has 0 amide bonds. The summed E-state index contributed by atoms with van der Waals surface area (Å²) in [5.74, 6) is 0. The second kappa shape index (κ2) is 6.99. The van der Waals surface area contributed by atoms with Crippen molar-refractivity contribution in [3.8, 4) is 0 Å². The maximum absolute atomic E-state index is 3.47. The van der Waals surface area contributed by atoms with Gasteiger partial charge in [0.25, 0.3) is 0 Å². The summed E-state index contributed by atoms with van der Waals surface area (Å²) >= 11 is 3.43. The lowest BCUT2D eigenvalue weighted by Crippen LogP contribution is -2.35. The fourth-order valence-corrected chi connectivity index (χ4v) is 1.76. The zero-order valence-corrected chi connectivity index (χ0v) is 11.0. The van der Waals surface area contributed by atoms with E-state index in [2.05, 4.69) is 57.8 Å². The molecule has 0 radical (unpaired) electrons. The zero-order chi connectivity index (χ0) is 11.1. The Kier molecular flexibility index (Phi) is 5.91. The Morgan fingerprint density at radius 1 is 1.27 bits per heavy atom. The van der Waals surface area contributed by atoms with Gasteiger partial charge in [-0.1, -0.05) is 28.1 Å². The molecule has 1 atom stereocenters. The van der Waals surface area contributed by atoms with Gasteiger partial charge >= 0.3 is 0 Å². The van der Waals surface area contributed by atoms with Gasteiger partial charge in [0.2, 0.25) is 0 Å². The van der Waals surface area contributed by atoms with Crippen LogP contribution in [0.15, 0.2) is 28.7 Å². The maximum Gasteiger partial charge on any atom is 0.0175 e. The molecule has 1 aromatic carbocycles. The number of hydrogen-bond donors (Lipinski definition) is 2. The molecule has 0 spiro atoms. The van der Waals surface area contributed by atoms with Gasteiger partial charge in [-0.25, -0.2) is 0 Å². The van der Waals surface area contributed by atoms with E-state index in [0.717, 1.165) is 24.0 Å². The molecular weight excluding hydrogens is 252 g/mol. The Labute approximate surface area is 101 Å². The van der Waals surface area contributed by atoms with Crippen LogP contribution >= 0.6 is 15.9 Å². The number of rotatable bonds is 6. The molecule has 3 heteroatoms. The van der Waals surface area contributed by atoms with Crippen LogP contribution < -0.4 is 10.6 Å². The molecule has 0 aliphatic rings. The number of likely N-dealkylation sites (N-methyl/N-ethyl adjacent to an activating group) is 1. The summed E-state index contributed by atoms with van der Waals surface area (Å²) in [6.45, 7) is 4.24. The van der Waals surface area contributed by atoms with Gasteiger partial charge < -0.3 is 10.6 Å². The highest BCUT2D eigenvalue weighted by Crippen LogP contribution is 2.10. The summed E-state index contributed by atoms with van der Waals surface area (Å²) in [5, 5.41) is 6.63. The molecule has 0 bridgehead atoms. The average Bonchev–Trinajstić information content (AvgIpc) is 2.21. The summed E-state index contributed by atoms with van der Waals surface area (Å²) in [6.07, 6.45) is 1.08. The van der Waals surface area contributed by atoms with Crippen molar-refractivity contribution in [3.05, 3.63) is 34.3 Å². The summed E-state index contributed by atoms with van der Waals surface area (Å²) in [5.41, 5.74) is 1.38. The van der Waals surface area contributed by atoms with E-state index in [9.17, 15) is 0 Å². The molecule has 0 heterocycles. The van der Waals surface area contributed by atoms with E-state index in [-0.39, 0.29) is 0 Å². The first-order valence-corrected chi connectivity index (χ1v) is 6.14. The van der Waals surface area contributed by atoms with Crippen LogP contribution in [-0.4, -0.2) is 26.2 Å². The van der Waals surface area contributed by atoms with Gasteiger partial charge in [0.15, 0.2) is 0 Å². The zero-order valence-electron chi connectivity index (χ0n) is 9.39. The minimum absolute atomic E-state index is 0.533. The third-order valence-corrected chi connectivity index (χ3v) is 2.86. The first kappa shape index (κ1) is 12.7. The second-order valence-electron chi connectivity index (χ2n) is 3.79. The Morgan fingerprint density at radius 2 is 1.93 bits per heavy atom. The standard InChI is InChI=1S/C12H19BrN2/c1-10(9-14-2)15-8-7-11-3-5-12(13)6-4-11/h3-6,10,14-15H,7-9H2,1-2H3. The smallest absolute Gasteiger partial charge is 0.0175 e. The summed E-state index contributed by atoms with van der Waals surface area (Å²) in [4.78, 5) is 0. The molecule has 0 aliphatic heterocycles. The van der Waals surface area contributed by atoms with Gasteiger partial charge in [-0.05, 0) is 44.6 Å². The van der Waals surface area contributed by atoms with Gasteiger partial charge in [-0.3, -0.25) is 0 Å². The van der Waals surface area contributed by atoms with Crippen molar-refractivity contribution < 1.29 is 0 Å². The van der Waals surface area contributed by atoms with Crippen molar-refractivity contribution in [2.45, 2.75) is 19.4 Å². The van der Waals surface area contributed by atoms with Crippen LogP contribution in [0.3, 0.4) is 0 Å². The van der Waals surface area contributed by atoms with Gasteiger partial charge in [0, 0.05) is 17.1 Å². The Balaban J connectivity index is 2.22. The molecule has 0 fully saturated rings. The minimum Gasteiger partial charge on any atom is -0.318 e. The number of hydrogen-bond acceptors (Lipinski definition) is 2. The van der Waals surface area contributed by atoms with Crippen molar-refractivity contribution in [1.29, 1.82) is 0 Å². The van der Waals surface area contributed by atoms with E-state index in [1.54, 1.807) is 0 Å². The van der Waals surface area contributed by atoms with Gasteiger partial charge in [-0.2, -0.15) is 0 Å². The third kappa shape index (κ3) is 5.30. The molecule has 0 aliphatic carbocycles. The maximum atomic E-state index is 3.47. The van der Waals surface area contributed by atoms with E-state index >= 15 is 0 Å². The van der Waals surface area contributed by atoms with E-state index in [0.29, 0.717) is 6.04 Å². The van der Waals surface area contributed by atoms with Crippen LogP contribution in [0.5, 0.6) is 0 Å². The van der Waals surface area contributed by atoms with Crippen molar-refractivity contribution >= 4 is 15.9 Å². The Bertz CT molecular complexity index is 271. The molecule has 1 aromatic rings. The molecule has 0 saturated carbocycles. The molecule has 1 unspecified atom stereocenters. The first-order valence-electron chi connectivity index (χ1n) is 5.35. The molecule has 1 rings (SSSR count). The summed E-state index contributed by atoms with van der Waals surface area (Å²) in [6, 6.07) is 9.03. The topological polar surface area (TPSA) is 24.1 Å². The van der Waals surface area contributed by atoms with Gasteiger partial charge in [0.05, 0.1) is 0 Å². The summed E-state index contributed by atoms with van der Waals surface area (Å²) < 4.78 is 1.14. The monoisotopic (exact) mass is 270 g/mol. The van der Waals surface area contributed by atoms with Crippen LogP contribution in [0.4, 0.5) is 0 Å². The molecule has 0 aromatic heterocycles. The van der Waals surface area contributed by atoms with Crippen LogP contribution in [0.2, 0.25) is 0 Å². The predicted octanol–water partition coefficient (Wildman–Crippen LogP) is 2.19. The molecule has 84 valence electrons. The van der Waals surface area contributed by atoms with E-state index in [1.807, 2.05) is 7.05 Å². The van der Waals surface area contributed by atoms with E-state index in [1.165, 1.54) is 5.56 Å². The largest absolute Gasteiger partial charge is 0.318 e. The summed E-state index contributed by atoms with van der Waals surface area (Å²) in [7, 11) is 1.98. The third-order valence-electron chi connectivity index (χ3n) is 2.33. The molecule has 2 N–H and O–H groups in total. The molecule has 0 saturated heterocycles. The highest BCUT2D eigenvalue weighted by atomic mass is 79.9. The normalized spacial score (nSPS) is 12.7. The van der Waals surface area contributed by atoms with Crippen LogP contribution in [0.25, 0.3) is 0 Å². The lowest BCUT2D eigenvalue weighted by Gasteiger charge is -2.12. The second-order valence-corrected chi connectivity index (χ2v) is 4.70. The predicted molar refractivity (Wildman–Crippen MR) is 69.2 cm³/mol.